The molecule has 0 bridgehead atoms. The summed E-state index contributed by atoms with van der Waals surface area (Å²) in [6.07, 6.45) is 1.55. The average molecular weight is 526 g/mol. The lowest BCUT2D eigenvalue weighted by atomic mass is 10.1. The molecule has 1 N–H and O–H groups in total. The van der Waals surface area contributed by atoms with Crippen LogP contribution in [0, 0.1) is 34.6 Å². The van der Waals surface area contributed by atoms with Crippen LogP contribution in [0.2, 0.25) is 0 Å². The molecular weight excluding hydrogens is 506 g/mol. The quantitative estimate of drug-likeness (QED) is 0.237. The number of aryl methyl sites for hydroxylation is 2. The molecule has 4 nitrogen and oxygen atoms in total. The minimum absolute atomic E-state index is 0.00996. The van der Waals surface area contributed by atoms with Gasteiger partial charge < -0.3 is 10.1 Å². The third-order valence-electron chi connectivity index (χ3n) is 4.57. The van der Waals surface area contributed by atoms with Gasteiger partial charge in [0.2, 0.25) is 0 Å². The number of nitrogens with zero attached hydrogens (tertiary/aromatic N) is 1. The molecule has 0 saturated heterocycles. The number of ether oxygens (including phenoxy) is 1. The van der Waals surface area contributed by atoms with Gasteiger partial charge in [-0.2, -0.15) is 5.26 Å². The zero-order chi connectivity index (χ0) is 22.4. The van der Waals surface area contributed by atoms with Crippen LogP contribution in [0.1, 0.15) is 22.3 Å². The van der Waals surface area contributed by atoms with Crippen LogP contribution in [0.5, 0.6) is 5.75 Å². The number of nitriles is 1. The summed E-state index contributed by atoms with van der Waals surface area (Å²) in [5, 5.41) is 12.3. The van der Waals surface area contributed by atoms with Crippen LogP contribution < -0.4 is 10.1 Å². The minimum Gasteiger partial charge on any atom is -0.488 e. The van der Waals surface area contributed by atoms with E-state index in [0.29, 0.717) is 23.6 Å². The predicted octanol–water partition coefficient (Wildman–Crippen LogP) is 6.17. The third-order valence-corrected chi connectivity index (χ3v) is 5.41. The molecule has 3 aromatic carbocycles. The lowest BCUT2D eigenvalue weighted by Crippen LogP contribution is -2.14. The first-order valence-electron chi connectivity index (χ1n) is 9.53. The normalized spacial score (nSPS) is 11.0. The maximum atomic E-state index is 13.0. The monoisotopic (exact) mass is 526 g/mol. The van der Waals surface area contributed by atoms with E-state index in [-0.39, 0.29) is 11.4 Å². The smallest absolute Gasteiger partial charge is 0.266 e. The summed E-state index contributed by atoms with van der Waals surface area (Å²) in [5.74, 6) is -0.0780. The van der Waals surface area contributed by atoms with Gasteiger partial charge in [-0.1, -0.05) is 35.9 Å². The van der Waals surface area contributed by atoms with Crippen molar-refractivity contribution in [2.45, 2.75) is 20.5 Å². The summed E-state index contributed by atoms with van der Waals surface area (Å²) in [6.45, 7) is 4.20. The fourth-order valence-electron chi connectivity index (χ4n) is 2.92. The minimum atomic E-state index is -0.457. The highest BCUT2D eigenvalue weighted by atomic mass is 127. The first kappa shape index (κ1) is 22.5. The van der Waals surface area contributed by atoms with E-state index in [4.69, 9.17) is 4.74 Å². The average Bonchev–Trinajstić information content (AvgIpc) is 2.74. The summed E-state index contributed by atoms with van der Waals surface area (Å²) in [6, 6.07) is 19.2. The number of carbonyl (C=O) groups excluding carboxylic acids is 1. The number of rotatable bonds is 6. The molecule has 0 spiro atoms. The second-order valence-corrected chi connectivity index (χ2v) is 8.21. The van der Waals surface area contributed by atoms with Gasteiger partial charge in [0.25, 0.3) is 5.91 Å². The topological polar surface area (TPSA) is 62.1 Å². The number of halogens is 2. The fraction of sp³-hybridized carbons (Fsp3) is 0.120. The van der Waals surface area contributed by atoms with Gasteiger partial charge >= 0.3 is 0 Å². The summed E-state index contributed by atoms with van der Waals surface area (Å²) in [7, 11) is 0. The molecule has 0 saturated carbocycles. The predicted molar refractivity (Wildman–Crippen MR) is 128 cm³/mol. The Bertz CT molecular complexity index is 1180. The molecule has 0 atom stereocenters. The molecule has 0 radical (unpaired) electrons. The maximum Gasteiger partial charge on any atom is 0.266 e. The van der Waals surface area contributed by atoms with E-state index in [1.165, 1.54) is 12.1 Å². The highest BCUT2D eigenvalue weighted by Crippen LogP contribution is 2.25. The van der Waals surface area contributed by atoms with Crippen molar-refractivity contribution in [2.75, 3.05) is 5.32 Å². The van der Waals surface area contributed by atoms with E-state index in [1.807, 2.05) is 44.2 Å². The maximum absolute atomic E-state index is 13.0. The molecule has 3 rings (SSSR count). The summed E-state index contributed by atoms with van der Waals surface area (Å²) < 4.78 is 19.6. The van der Waals surface area contributed by atoms with E-state index in [2.05, 4.69) is 27.9 Å². The Balaban J connectivity index is 1.71. The molecule has 0 aliphatic rings. The van der Waals surface area contributed by atoms with Crippen molar-refractivity contribution in [3.63, 3.8) is 0 Å². The third kappa shape index (κ3) is 6.15. The van der Waals surface area contributed by atoms with Crippen molar-refractivity contribution in [1.82, 2.24) is 0 Å². The van der Waals surface area contributed by atoms with Gasteiger partial charge in [-0.05, 0) is 89.5 Å². The van der Waals surface area contributed by atoms with Gasteiger partial charge in [0.1, 0.15) is 29.8 Å². The van der Waals surface area contributed by atoms with E-state index < -0.39 is 5.91 Å². The number of amides is 1. The summed E-state index contributed by atoms with van der Waals surface area (Å²) in [5.41, 5.74) is 4.29. The highest BCUT2D eigenvalue weighted by molar-refractivity contribution is 14.1. The number of benzene rings is 3. The van der Waals surface area contributed by atoms with Crippen LogP contribution in [0.25, 0.3) is 6.08 Å². The van der Waals surface area contributed by atoms with Gasteiger partial charge in [-0.3, -0.25) is 4.79 Å². The summed E-state index contributed by atoms with van der Waals surface area (Å²) >= 11 is 2.14. The van der Waals surface area contributed by atoms with Crippen molar-refractivity contribution in [3.8, 4) is 11.8 Å². The van der Waals surface area contributed by atoms with Crippen molar-refractivity contribution < 1.29 is 13.9 Å². The molecule has 0 aromatic heterocycles. The van der Waals surface area contributed by atoms with Crippen molar-refractivity contribution in [1.29, 1.82) is 5.26 Å². The van der Waals surface area contributed by atoms with Crippen molar-refractivity contribution >= 4 is 40.3 Å². The van der Waals surface area contributed by atoms with Crippen LogP contribution in [0.3, 0.4) is 0 Å². The number of hydrogen-bond donors (Lipinski definition) is 1. The largest absolute Gasteiger partial charge is 0.488 e. The molecular formula is C25H20FIN2O2. The molecule has 0 heterocycles. The second-order valence-electron chi connectivity index (χ2n) is 7.05. The SMILES string of the molecule is Cc1ccc(NC(=O)/C(C#N)=C/c2ccc(OCc3ccc(F)cc3)c(I)c2)c(C)c1. The number of anilines is 1. The van der Waals surface area contributed by atoms with Crippen LogP contribution in [0.4, 0.5) is 10.1 Å². The lowest BCUT2D eigenvalue weighted by molar-refractivity contribution is -0.112. The Kier molecular flexibility index (Phi) is 7.42. The standard InChI is InChI=1S/C25H20FIN2O2/c1-16-3-9-23(17(2)11-16)29-25(30)20(14-28)12-19-6-10-24(22(27)13-19)31-15-18-4-7-21(26)8-5-18/h3-13H,15H2,1-2H3,(H,29,30)/b20-12+. The molecule has 0 fully saturated rings. The Morgan fingerprint density at radius 1 is 1.13 bits per heavy atom. The van der Waals surface area contributed by atoms with Gasteiger partial charge in [-0.25, -0.2) is 4.39 Å². The van der Waals surface area contributed by atoms with Crippen LogP contribution in [0.15, 0.2) is 66.2 Å². The molecule has 0 unspecified atom stereocenters. The number of nitrogens with one attached hydrogen (secondary N) is 1. The van der Waals surface area contributed by atoms with Crippen LogP contribution in [-0.4, -0.2) is 5.91 Å². The lowest BCUT2D eigenvalue weighted by Gasteiger charge is -2.10. The Morgan fingerprint density at radius 2 is 1.87 bits per heavy atom. The molecule has 31 heavy (non-hydrogen) atoms. The summed E-state index contributed by atoms with van der Waals surface area (Å²) in [4.78, 5) is 12.6. The zero-order valence-electron chi connectivity index (χ0n) is 17.1. The Labute approximate surface area is 194 Å². The van der Waals surface area contributed by atoms with Gasteiger partial charge in [-0.15, -0.1) is 0 Å². The first-order chi connectivity index (χ1) is 14.9. The highest BCUT2D eigenvalue weighted by Gasteiger charge is 2.12. The van der Waals surface area contributed by atoms with E-state index in [1.54, 1.807) is 30.3 Å². The number of hydrogen-bond acceptors (Lipinski definition) is 3. The van der Waals surface area contributed by atoms with E-state index >= 15 is 0 Å². The molecule has 0 aliphatic carbocycles. The molecule has 6 heteroatoms. The van der Waals surface area contributed by atoms with Gasteiger partial charge in [0, 0.05) is 5.69 Å². The van der Waals surface area contributed by atoms with Gasteiger partial charge in [0.15, 0.2) is 0 Å². The van der Waals surface area contributed by atoms with E-state index in [9.17, 15) is 14.4 Å². The van der Waals surface area contributed by atoms with Crippen molar-refractivity contribution in [2.24, 2.45) is 0 Å². The number of carbonyl (C=O) groups is 1. The van der Waals surface area contributed by atoms with E-state index in [0.717, 1.165) is 20.3 Å². The Morgan fingerprint density at radius 3 is 2.52 bits per heavy atom. The molecule has 1 amide bonds. The molecule has 156 valence electrons. The van der Waals surface area contributed by atoms with Gasteiger partial charge in [0.05, 0.1) is 3.57 Å². The first-order valence-corrected chi connectivity index (χ1v) is 10.6. The fourth-order valence-corrected chi connectivity index (χ4v) is 3.62. The van der Waals surface area contributed by atoms with Crippen molar-refractivity contribution in [3.05, 3.63) is 97.9 Å². The molecule has 3 aromatic rings. The Hall–Kier alpha value is -3.18. The van der Waals surface area contributed by atoms with Crippen LogP contribution >= 0.6 is 22.6 Å². The van der Waals surface area contributed by atoms with Crippen LogP contribution in [-0.2, 0) is 11.4 Å². The zero-order valence-corrected chi connectivity index (χ0v) is 19.2. The second kappa shape index (κ2) is 10.2. The molecule has 0 aliphatic heterocycles.